The van der Waals surface area contributed by atoms with Crippen molar-refractivity contribution in [3.8, 4) is 17.1 Å². The number of fused-ring (bicyclic) bond motifs is 1. The van der Waals surface area contributed by atoms with Crippen molar-refractivity contribution in [3.05, 3.63) is 95.6 Å². The molecule has 6 nitrogen and oxygen atoms in total. The van der Waals surface area contributed by atoms with E-state index in [4.69, 9.17) is 32.4 Å². The number of nitrogens with zero attached hydrogens (tertiary/aromatic N) is 3. The summed E-state index contributed by atoms with van der Waals surface area (Å²) in [4.78, 5) is 17.6. The fourth-order valence-corrected chi connectivity index (χ4v) is 4.80. The highest BCUT2D eigenvalue weighted by atomic mass is 79.9. The summed E-state index contributed by atoms with van der Waals surface area (Å²) in [5.41, 5.74) is 0.331. The van der Waals surface area contributed by atoms with E-state index in [0.29, 0.717) is 48.2 Å². The van der Waals surface area contributed by atoms with Gasteiger partial charge in [-0.1, -0.05) is 56.5 Å². The fraction of sp³-hybridized carbons (Fsp3) is 0.0455. The molecule has 5 rings (SSSR count). The molecule has 3 heterocycles. The van der Waals surface area contributed by atoms with E-state index in [1.807, 2.05) is 24.3 Å². The van der Waals surface area contributed by atoms with E-state index < -0.39 is 0 Å². The molecule has 0 saturated carbocycles. The predicted octanol–water partition coefficient (Wildman–Crippen LogP) is 5.61. The minimum Gasteiger partial charge on any atom is -0.486 e. The molecule has 0 saturated heterocycles. The van der Waals surface area contributed by atoms with E-state index in [1.54, 1.807) is 36.4 Å². The number of hydrogen-bond acceptors (Lipinski definition) is 6. The Bertz CT molecular complexity index is 1520. The third kappa shape index (κ3) is 4.19. The Balaban J connectivity index is 1.40. The lowest BCUT2D eigenvalue weighted by molar-refractivity contribution is 0.296. The third-order valence-corrected chi connectivity index (χ3v) is 6.63. The van der Waals surface area contributed by atoms with E-state index in [1.165, 1.54) is 15.9 Å². The van der Waals surface area contributed by atoms with Gasteiger partial charge in [0.05, 0.1) is 15.6 Å². The molecular weight excluding hydrogens is 537 g/mol. The highest BCUT2D eigenvalue weighted by molar-refractivity contribution is 9.10. The highest BCUT2D eigenvalue weighted by Crippen LogP contribution is 2.35. The second-order valence-corrected chi connectivity index (χ2v) is 9.42. The maximum Gasteiger partial charge on any atom is 0.291 e. The molecular formula is C22H12BrCl2N3O3S. The van der Waals surface area contributed by atoms with Crippen molar-refractivity contribution < 1.29 is 9.15 Å². The Labute approximate surface area is 203 Å². The molecule has 10 heteroatoms. The summed E-state index contributed by atoms with van der Waals surface area (Å²) in [6.07, 6.45) is 1.65. The van der Waals surface area contributed by atoms with Gasteiger partial charge in [0.2, 0.25) is 4.96 Å². The van der Waals surface area contributed by atoms with Gasteiger partial charge in [0.1, 0.15) is 28.4 Å². The molecule has 0 unspecified atom stereocenters. The predicted molar refractivity (Wildman–Crippen MR) is 129 cm³/mol. The number of rotatable bonds is 5. The van der Waals surface area contributed by atoms with Crippen LogP contribution in [0.1, 0.15) is 11.6 Å². The number of ether oxygens (including phenoxy) is 1. The zero-order valence-electron chi connectivity index (χ0n) is 16.1. The molecule has 0 amide bonds. The number of furan rings is 1. The van der Waals surface area contributed by atoms with Gasteiger partial charge in [-0.25, -0.2) is 0 Å². The summed E-state index contributed by atoms with van der Waals surface area (Å²) in [7, 11) is 0. The second-order valence-electron chi connectivity index (χ2n) is 6.68. The van der Waals surface area contributed by atoms with Crippen molar-refractivity contribution in [1.29, 1.82) is 0 Å². The lowest BCUT2D eigenvalue weighted by Gasteiger charge is -2.02. The van der Waals surface area contributed by atoms with Gasteiger partial charge in [-0.2, -0.15) is 9.50 Å². The average molecular weight is 549 g/mol. The van der Waals surface area contributed by atoms with Crippen molar-refractivity contribution in [2.45, 2.75) is 6.61 Å². The van der Waals surface area contributed by atoms with Crippen LogP contribution in [-0.4, -0.2) is 14.6 Å². The molecule has 0 atom stereocenters. The van der Waals surface area contributed by atoms with E-state index in [2.05, 4.69) is 26.0 Å². The highest BCUT2D eigenvalue weighted by Gasteiger charge is 2.14. The van der Waals surface area contributed by atoms with Crippen molar-refractivity contribution in [2.75, 3.05) is 0 Å². The molecule has 32 heavy (non-hydrogen) atoms. The first-order valence-corrected chi connectivity index (χ1v) is 11.7. The van der Waals surface area contributed by atoms with Crippen molar-refractivity contribution in [1.82, 2.24) is 14.6 Å². The van der Waals surface area contributed by atoms with E-state index >= 15 is 0 Å². The molecule has 0 bridgehead atoms. The van der Waals surface area contributed by atoms with E-state index in [-0.39, 0.29) is 12.2 Å². The zero-order chi connectivity index (χ0) is 22.2. The van der Waals surface area contributed by atoms with Crippen LogP contribution in [0.15, 0.2) is 68.3 Å². The Morgan fingerprint density at radius 2 is 1.84 bits per heavy atom. The molecule has 0 N–H and O–H groups in total. The number of halogens is 3. The summed E-state index contributed by atoms with van der Waals surface area (Å²) >= 11 is 17.1. The molecule has 0 aliphatic rings. The maximum absolute atomic E-state index is 12.8. The van der Waals surface area contributed by atoms with Crippen LogP contribution < -0.4 is 14.8 Å². The van der Waals surface area contributed by atoms with Crippen molar-refractivity contribution >= 4 is 61.5 Å². The van der Waals surface area contributed by atoms with Crippen LogP contribution in [0, 0.1) is 0 Å². The quantitative estimate of drug-likeness (QED) is 0.285. The minimum atomic E-state index is -0.277. The molecule has 0 spiro atoms. The molecule has 5 aromatic rings. The lowest BCUT2D eigenvalue weighted by Crippen LogP contribution is -2.23. The standard InChI is InChI=1S/C22H12BrCl2N3O3S/c23-12-4-6-13(7-5-12)30-11-19-26-22-28(27-19)21(29)18(32-22)10-14-8-9-17(31-14)20-15(24)2-1-3-16(20)25/h1-10H,11H2/b18-10-. The molecule has 0 fully saturated rings. The Morgan fingerprint density at radius 1 is 1.09 bits per heavy atom. The van der Waals surface area contributed by atoms with Gasteiger partial charge in [0, 0.05) is 10.5 Å². The Morgan fingerprint density at radius 3 is 2.56 bits per heavy atom. The van der Waals surface area contributed by atoms with Gasteiger partial charge in [0.25, 0.3) is 5.56 Å². The van der Waals surface area contributed by atoms with Crippen LogP contribution in [0.25, 0.3) is 22.4 Å². The van der Waals surface area contributed by atoms with Gasteiger partial charge >= 0.3 is 0 Å². The van der Waals surface area contributed by atoms with Crippen LogP contribution >= 0.6 is 50.5 Å². The summed E-state index contributed by atoms with van der Waals surface area (Å²) in [5.74, 6) is 2.13. The second kappa shape index (κ2) is 8.71. The number of hydrogen-bond donors (Lipinski definition) is 0. The van der Waals surface area contributed by atoms with Crippen LogP contribution in [0.3, 0.4) is 0 Å². The SMILES string of the molecule is O=c1/c(=C/c2ccc(-c3c(Cl)cccc3Cl)o2)sc2nc(COc3ccc(Br)cc3)nn12. The maximum atomic E-state index is 12.8. The van der Waals surface area contributed by atoms with Gasteiger partial charge in [-0.3, -0.25) is 4.79 Å². The van der Waals surface area contributed by atoms with Gasteiger partial charge in [-0.15, -0.1) is 5.10 Å². The van der Waals surface area contributed by atoms with Crippen molar-refractivity contribution in [2.24, 2.45) is 0 Å². The number of aromatic nitrogens is 3. The molecule has 0 aliphatic carbocycles. The average Bonchev–Trinajstić information content (AvgIpc) is 3.45. The normalized spacial score (nSPS) is 12.0. The van der Waals surface area contributed by atoms with Crippen molar-refractivity contribution in [3.63, 3.8) is 0 Å². The Hall–Kier alpha value is -2.65. The monoisotopic (exact) mass is 547 g/mol. The largest absolute Gasteiger partial charge is 0.486 e. The summed E-state index contributed by atoms with van der Waals surface area (Å²) in [6, 6.07) is 16.2. The molecule has 0 radical (unpaired) electrons. The summed E-state index contributed by atoms with van der Waals surface area (Å²) in [6.45, 7) is 0.161. The first-order valence-electron chi connectivity index (χ1n) is 9.31. The molecule has 3 aromatic heterocycles. The summed E-state index contributed by atoms with van der Waals surface area (Å²) < 4.78 is 14.2. The van der Waals surface area contributed by atoms with E-state index in [0.717, 1.165) is 4.47 Å². The smallest absolute Gasteiger partial charge is 0.291 e. The molecule has 160 valence electrons. The number of benzene rings is 2. The first-order chi connectivity index (χ1) is 15.5. The van der Waals surface area contributed by atoms with Gasteiger partial charge in [0.15, 0.2) is 5.82 Å². The number of thiazole rings is 1. The third-order valence-electron chi connectivity index (χ3n) is 4.52. The zero-order valence-corrected chi connectivity index (χ0v) is 20.0. The molecule has 2 aromatic carbocycles. The minimum absolute atomic E-state index is 0.161. The first kappa shape index (κ1) is 21.2. The lowest BCUT2D eigenvalue weighted by atomic mass is 10.2. The molecule has 0 aliphatic heterocycles. The Kier molecular flexibility index (Phi) is 5.77. The van der Waals surface area contributed by atoms with Crippen LogP contribution in [0.4, 0.5) is 0 Å². The van der Waals surface area contributed by atoms with Crippen LogP contribution in [0.5, 0.6) is 5.75 Å². The summed E-state index contributed by atoms with van der Waals surface area (Å²) in [5, 5.41) is 5.24. The fourth-order valence-electron chi connectivity index (χ4n) is 3.04. The van der Waals surface area contributed by atoms with E-state index in [9.17, 15) is 4.79 Å². The van der Waals surface area contributed by atoms with Crippen LogP contribution in [0.2, 0.25) is 10.0 Å². The van der Waals surface area contributed by atoms with Gasteiger partial charge in [-0.05, 0) is 48.5 Å². The topological polar surface area (TPSA) is 69.6 Å². The van der Waals surface area contributed by atoms with Crippen LogP contribution in [-0.2, 0) is 6.61 Å². The van der Waals surface area contributed by atoms with Gasteiger partial charge < -0.3 is 9.15 Å².